The molecule has 6 heteroatoms. The third kappa shape index (κ3) is 3.46. The quantitative estimate of drug-likeness (QED) is 0.624. The van der Waals surface area contributed by atoms with Gasteiger partial charge in [-0.1, -0.05) is 0 Å². The summed E-state index contributed by atoms with van der Waals surface area (Å²) >= 11 is 0. The SMILES string of the molecule is CCOC(=O)c1cnc2nc(C)ccc2c1NCCCO. The predicted octanol–water partition coefficient (Wildman–Crippen LogP) is 1.91. The van der Waals surface area contributed by atoms with Crippen molar-refractivity contribution in [1.82, 2.24) is 9.97 Å². The van der Waals surface area contributed by atoms with Crippen molar-refractivity contribution < 1.29 is 14.6 Å². The Labute approximate surface area is 123 Å². The number of esters is 1. The second kappa shape index (κ2) is 6.99. The molecule has 2 heterocycles. The Kier molecular flexibility index (Phi) is 5.05. The van der Waals surface area contributed by atoms with Crippen LogP contribution in [0.4, 0.5) is 5.69 Å². The van der Waals surface area contributed by atoms with Crippen LogP contribution in [-0.4, -0.2) is 40.8 Å². The number of aryl methyl sites for hydroxylation is 1. The number of aromatic nitrogens is 2. The van der Waals surface area contributed by atoms with Crippen LogP contribution in [0.1, 0.15) is 29.4 Å². The molecular formula is C15H19N3O3. The largest absolute Gasteiger partial charge is 0.462 e. The van der Waals surface area contributed by atoms with Crippen LogP contribution in [0.2, 0.25) is 0 Å². The number of ether oxygens (including phenoxy) is 1. The summed E-state index contributed by atoms with van der Waals surface area (Å²) in [5, 5.41) is 12.8. The molecule has 0 saturated heterocycles. The molecule has 0 radical (unpaired) electrons. The van der Waals surface area contributed by atoms with Gasteiger partial charge in [-0.05, 0) is 32.4 Å². The Morgan fingerprint density at radius 3 is 2.95 bits per heavy atom. The van der Waals surface area contributed by atoms with Crippen molar-refractivity contribution in [1.29, 1.82) is 0 Å². The number of rotatable bonds is 6. The van der Waals surface area contributed by atoms with Crippen LogP contribution in [0.25, 0.3) is 11.0 Å². The number of aliphatic hydroxyl groups is 1. The number of hydrogen-bond donors (Lipinski definition) is 2. The molecule has 2 N–H and O–H groups in total. The van der Waals surface area contributed by atoms with E-state index in [0.717, 1.165) is 11.1 Å². The fourth-order valence-electron chi connectivity index (χ4n) is 2.02. The summed E-state index contributed by atoms with van der Waals surface area (Å²) in [7, 11) is 0. The second-order valence-corrected chi connectivity index (χ2v) is 4.60. The highest BCUT2D eigenvalue weighted by molar-refractivity contribution is 6.04. The van der Waals surface area contributed by atoms with Gasteiger partial charge in [0, 0.05) is 30.4 Å². The van der Waals surface area contributed by atoms with Crippen LogP contribution in [0.5, 0.6) is 0 Å². The standard InChI is InChI=1S/C15H19N3O3/c1-3-21-15(20)12-9-17-14-11(6-5-10(2)18-14)13(12)16-7-4-8-19/h5-6,9,19H,3-4,7-8H2,1-2H3,(H,16,17,18). The van der Waals surface area contributed by atoms with Crippen molar-refractivity contribution in [2.24, 2.45) is 0 Å². The number of carbonyl (C=O) groups excluding carboxylic acids is 1. The third-order valence-corrected chi connectivity index (χ3v) is 3.00. The normalized spacial score (nSPS) is 10.6. The molecule has 0 fully saturated rings. The molecule has 0 spiro atoms. The van der Waals surface area contributed by atoms with E-state index >= 15 is 0 Å². The summed E-state index contributed by atoms with van der Waals surface area (Å²) in [4.78, 5) is 20.6. The lowest BCUT2D eigenvalue weighted by Gasteiger charge is -2.13. The molecular weight excluding hydrogens is 270 g/mol. The van der Waals surface area contributed by atoms with Crippen LogP contribution in [0, 0.1) is 6.92 Å². The Hall–Kier alpha value is -2.21. The lowest BCUT2D eigenvalue weighted by Crippen LogP contribution is -2.13. The van der Waals surface area contributed by atoms with Crippen molar-refractivity contribution in [3.8, 4) is 0 Å². The molecule has 0 aliphatic heterocycles. The molecule has 0 aliphatic rings. The minimum Gasteiger partial charge on any atom is -0.462 e. The first-order chi connectivity index (χ1) is 10.2. The van der Waals surface area contributed by atoms with E-state index in [1.165, 1.54) is 6.20 Å². The van der Waals surface area contributed by atoms with Gasteiger partial charge in [0.05, 0.1) is 12.3 Å². The molecule has 112 valence electrons. The zero-order valence-electron chi connectivity index (χ0n) is 12.2. The molecule has 0 unspecified atom stereocenters. The fourth-order valence-corrected chi connectivity index (χ4v) is 2.02. The van der Waals surface area contributed by atoms with Crippen LogP contribution in [-0.2, 0) is 4.74 Å². The average molecular weight is 289 g/mol. The van der Waals surface area contributed by atoms with Crippen LogP contribution in [0.3, 0.4) is 0 Å². The van der Waals surface area contributed by atoms with E-state index in [1.54, 1.807) is 6.92 Å². The van der Waals surface area contributed by atoms with Gasteiger partial charge >= 0.3 is 5.97 Å². The average Bonchev–Trinajstić information content (AvgIpc) is 2.47. The van der Waals surface area contributed by atoms with E-state index < -0.39 is 5.97 Å². The van der Waals surface area contributed by atoms with Crippen LogP contribution < -0.4 is 5.32 Å². The van der Waals surface area contributed by atoms with Crippen molar-refractivity contribution in [2.45, 2.75) is 20.3 Å². The topological polar surface area (TPSA) is 84.3 Å². The number of carbonyl (C=O) groups is 1. The molecule has 2 aromatic rings. The molecule has 0 atom stereocenters. The minimum atomic E-state index is -0.418. The molecule has 2 aromatic heterocycles. The van der Waals surface area contributed by atoms with Gasteiger partial charge in [0.25, 0.3) is 0 Å². The van der Waals surface area contributed by atoms with E-state index in [1.807, 2.05) is 19.1 Å². The predicted molar refractivity (Wildman–Crippen MR) is 80.4 cm³/mol. The summed E-state index contributed by atoms with van der Waals surface area (Å²) < 4.78 is 5.06. The lowest BCUT2D eigenvalue weighted by atomic mass is 10.1. The number of nitrogens with one attached hydrogen (secondary N) is 1. The summed E-state index contributed by atoms with van der Waals surface area (Å²) in [5.41, 5.74) is 2.47. The van der Waals surface area contributed by atoms with Crippen molar-refractivity contribution in [3.63, 3.8) is 0 Å². The van der Waals surface area contributed by atoms with Gasteiger partial charge in [-0.25, -0.2) is 14.8 Å². The van der Waals surface area contributed by atoms with Crippen LogP contribution in [0.15, 0.2) is 18.3 Å². The first kappa shape index (κ1) is 15.2. The minimum absolute atomic E-state index is 0.0854. The molecule has 0 bridgehead atoms. The number of aliphatic hydroxyl groups excluding tert-OH is 1. The molecule has 2 rings (SSSR count). The highest BCUT2D eigenvalue weighted by Crippen LogP contribution is 2.26. The Morgan fingerprint density at radius 2 is 2.24 bits per heavy atom. The maximum absolute atomic E-state index is 12.0. The summed E-state index contributed by atoms with van der Waals surface area (Å²) in [5.74, 6) is -0.418. The van der Waals surface area contributed by atoms with Gasteiger partial charge in [0.2, 0.25) is 0 Å². The van der Waals surface area contributed by atoms with Crippen molar-refractivity contribution >= 4 is 22.7 Å². The molecule has 6 nitrogen and oxygen atoms in total. The maximum atomic E-state index is 12.0. The molecule has 0 saturated carbocycles. The summed E-state index contributed by atoms with van der Waals surface area (Å²) in [6, 6.07) is 3.75. The Morgan fingerprint density at radius 1 is 1.43 bits per heavy atom. The van der Waals surface area contributed by atoms with E-state index in [0.29, 0.717) is 36.5 Å². The summed E-state index contributed by atoms with van der Waals surface area (Å²) in [6.07, 6.45) is 2.07. The fraction of sp³-hybridized carbons (Fsp3) is 0.400. The monoisotopic (exact) mass is 289 g/mol. The first-order valence-corrected chi connectivity index (χ1v) is 6.95. The van der Waals surface area contributed by atoms with E-state index in [9.17, 15) is 4.79 Å². The van der Waals surface area contributed by atoms with Gasteiger partial charge in [-0.3, -0.25) is 0 Å². The lowest BCUT2D eigenvalue weighted by molar-refractivity contribution is 0.0527. The smallest absolute Gasteiger partial charge is 0.341 e. The number of anilines is 1. The van der Waals surface area contributed by atoms with Crippen LogP contribution >= 0.6 is 0 Å². The second-order valence-electron chi connectivity index (χ2n) is 4.60. The van der Waals surface area contributed by atoms with Gasteiger partial charge in [0.15, 0.2) is 5.65 Å². The number of nitrogens with zero attached hydrogens (tertiary/aromatic N) is 2. The van der Waals surface area contributed by atoms with Gasteiger partial charge < -0.3 is 15.2 Å². The highest BCUT2D eigenvalue weighted by atomic mass is 16.5. The first-order valence-electron chi connectivity index (χ1n) is 6.95. The van der Waals surface area contributed by atoms with E-state index in [4.69, 9.17) is 9.84 Å². The number of pyridine rings is 2. The van der Waals surface area contributed by atoms with Gasteiger partial charge in [-0.2, -0.15) is 0 Å². The molecule has 0 aromatic carbocycles. The van der Waals surface area contributed by atoms with Crippen molar-refractivity contribution in [2.75, 3.05) is 25.1 Å². The summed E-state index contributed by atoms with van der Waals surface area (Å²) in [6.45, 7) is 4.59. The molecule has 0 amide bonds. The number of fused-ring (bicyclic) bond motifs is 1. The van der Waals surface area contributed by atoms with E-state index in [2.05, 4.69) is 15.3 Å². The highest BCUT2D eigenvalue weighted by Gasteiger charge is 2.16. The third-order valence-electron chi connectivity index (χ3n) is 3.00. The Balaban J connectivity index is 2.48. The number of hydrogen-bond acceptors (Lipinski definition) is 6. The Bertz CT molecular complexity index is 643. The van der Waals surface area contributed by atoms with Gasteiger partial charge in [0.1, 0.15) is 5.56 Å². The molecule has 21 heavy (non-hydrogen) atoms. The van der Waals surface area contributed by atoms with E-state index in [-0.39, 0.29) is 6.61 Å². The zero-order valence-corrected chi connectivity index (χ0v) is 12.2. The van der Waals surface area contributed by atoms with Gasteiger partial charge in [-0.15, -0.1) is 0 Å². The maximum Gasteiger partial charge on any atom is 0.341 e. The zero-order chi connectivity index (χ0) is 15.2. The molecule has 0 aliphatic carbocycles. The van der Waals surface area contributed by atoms with Crippen molar-refractivity contribution in [3.05, 3.63) is 29.6 Å².